The normalized spacial score (nSPS) is 21.1. The van der Waals surface area contributed by atoms with Crippen molar-refractivity contribution in [1.82, 2.24) is 10.6 Å². The first-order valence-corrected chi connectivity index (χ1v) is 11.1. The molecule has 2 saturated heterocycles. The highest BCUT2D eigenvalue weighted by atomic mass is 127. The van der Waals surface area contributed by atoms with Crippen LogP contribution in [0.2, 0.25) is 5.02 Å². The van der Waals surface area contributed by atoms with Crippen LogP contribution in [0.1, 0.15) is 37.7 Å². The molecule has 1 unspecified atom stereocenters. The van der Waals surface area contributed by atoms with Gasteiger partial charge in [0, 0.05) is 57.0 Å². The Morgan fingerprint density at radius 3 is 2.80 bits per heavy atom. The van der Waals surface area contributed by atoms with Gasteiger partial charge in [-0.1, -0.05) is 23.7 Å². The first-order chi connectivity index (χ1) is 14.2. The lowest BCUT2D eigenvalue weighted by Gasteiger charge is -2.38. The molecule has 0 bridgehead atoms. The van der Waals surface area contributed by atoms with Crippen molar-refractivity contribution in [3.8, 4) is 0 Å². The monoisotopic (exact) mass is 551 g/mol. The van der Waals surface area contributed by atoms with Crippen molar-refractivity contribution < 1.29 is 14.2 Å². The van der Waals surface area contributed by atoms with Gasteiger partial charge in [0.25, 0.3) is 0 Å². The van der Waals surface area contributed by atoms with Crippen LogP contribution in [0.5, 0.6) is 0 Å². The van der Waals surface area contributed by atoms with Crippen LogP contribution in [0.15, 0.2) is 29.3 Å². The van der Waals surface area contributed by atoms with Crippen LogP contribution < -0.4 is 10.6 Å². The average molecular weight is 552 g/mol. The molecule has 0 saturated carbocycles. The van der Waals surface area contributed by atoms with Gasteiger partial charge < -0.3 is 24.8 Å². The fourth-order valence-electron chi connectivity index (χ4n) is 3.99. The zero-order chi connectivity index (χ0) is 20.4. The van der Waals surface area contributed by atoms with Gasteiger partial charge in [0.2, 0.25) is 0 Å². The smallest absolute Gasteiger partial charge is 0.191 e. The van der Waals surface area contributed by atoms with Crippen molar-refractivity contribution in [3.63, 3.8) is 0 Å². The van der Waals surface area contributed by atoms with Gasteiger partial charge >= 0.3 is 0 Å². The zero-order valence-electron chi connectivity index (χ0n) is 17.8. The van der Waals surface area contributed by atoms with Gasteiger partial charge in [-0.05, 0) is 49.8 Å². The second-order valence-electron chi connectivity index (χ2n) is 7.82. The Morgan fingerprint density at radius 2 is 2.10 bits per heavy atom. The zero-order valence-corrected chi connectivity index (χ0v) is 20.9. The molecule has 1 aromatic rings. The maximum Gasteiger partial charge on any atom is 0.191 e. The summed E-state index contributed by atoms with van der Waals surface area (Å²) in [6.07, 6.45) is 5.43. The molecule has 2 aliphatic rings. The minimum absolute atomic E-state index is 0. The lowest BCUT2D eigenvalue weighted by Crippen LogP contribution is -2.48. The Bertz CT molecular complexity index is 650. The van der Waals surface area contributed by atoms with Crippen molar-refractivity contribution in [2.45, 2.75) is 43.6 Å². The van der Waals surface area contributed by atoms with Gasteiger partial charge in [-0.3, -0.25) is 4.99 Å². The topological polar surface area (TPSA) is 64.1 Å². The van der Waals surface area contributed by atoms with Crippen molar-refractivity contribution in [2.24, 2.45) is 4.99 Å². The van der Waals surface area contributed by atoms with Gasteiger partial charge in [0.05, 0.1) is 12.7 Å². The van der Waals surface area contributed by atoms with Crippen LogP contribution in [-0.2, 0) is 19.6 Å². The standard InChI is InChI=1S/C22H34ClN3O3.HI/c1-24-21(25-10-4-11-28-16-20-7-3-12-29-20)26-17-22(8-13-27-14-9-22)18-5-2-6-19(23)15-18;/h2,5-6,15,20H,3-4,7-14,16-17H2,1H3,(H2,24,25,26);1H. The number of nitrogens with zero attached hydrogens (tertiary/aromatic N) is 1. The number of hydrogen-bond donors (Lipinski definition) is 2. The predicted octanol–water partition coefficient (Wildman–Crippen LogP) is 3.76. The van der Waals surface area contributed by atoms with Gasteiger partial charge in [0.15, 0.2) is 5.96 Å². The van der Waals surface area contributed by atoms with Crippen molar-refractivity contribution in [1.29, 1.82) is 0 Å². The first kappa shape index (κ1) is 25.6. The summed E-state index contributed by atoms with van der Waals surface area (Å²) in [5.74, 6) is 0.817. The van der Waals surface area contributed by atoms with Crippen LogP contribution in [0.4, 0.5) is 0 Å². The molecule has 0 aromatic heterocycles. The molecule has 0 spiro atoms. The molecule has 170 valence electrons. The van der Waals surface area contributed by atoms with Crippen molar-refractivity contribution in [2.75, 3.05) is 53.2 Å². The fraction of sp³-hybridized carbons (Fsp3) is 0.682. The summed E-state index contributed by atoms with van der Waals surface area (Å²) in [5, 5.41) is 7.68. The average Bonchev–Trinajstić information content (AvgIpc) is 3.27. The third-order valence-corrected chi connectivity index (χ3v) is 6.03. The van der Waals surface area contributed by atoms with Crippen LogP contribution in [-0.4, -0.2) is 65.2 Å². The highest BCUT2D eigenvalue weighted by Crippen LogP contribution is 2.35. The first-order valence-electron chi connectivity index (χ1n) is 10.7. The number of hydrogen-bond acceptors (Lipinski definition) is 4. The van der Waals surface area contributed by atoms with E-state index in [1.54, 1.807) is 7.05 Å². The van der Waals surface area contributed by atoms with E-state index >= 15 is 0 Å². The highest BCUT2D eigenvalue weighted by Gasteiger charge is 2.34. The Morgan fingerprint density at radius 1 is 1.27 bits per heavy atom. The van der Waals surface area contributed by atoms with E-state index in [0.29, 0.717) is 12.7 Å². The lowest BCUT2D eigenvalue weighted by atomic mass is 9.74. The molecule has 0 amide bonds. The Labute approximate surface area is 202 Å². The lowest BCUT2D eigenvalue weighted by molar-refractivity contribution is 0.0168. The minimum Gasteiger partial charge on any atom is -0.381 e. The van der Waals surface area contributed by atoms with Gasteiger partial charge in [-0.25, -0.2) is 0 Å². The highest BCUT2D eigenvalue weighted by molar-refractivity contribution is 14.0. The summed E-state index contributed by atoms with van der Waals surface area (Å²) in [5.41, 5.74) is 1.27. The van der Waals surface area contributed by atoms with Gasteiger partial charge in [-0.2, -0.15) is 0 Å². The van der Waals surface area contributed by atoms with E-state index in [1.165, 1.54) is 5.56 Å². The predicted molar refractivity (Wildman–Crippen MR) is 132 cm³/mol. The second-order valence-corrected chi connectivity index (χ2v) is 8.26. The molecule has 2 fully saturated rings. The largest absolute Gasteiger partial charge is 0.381 e. The second kappa shape index (κ2) is 13.7. The Kier molecular flexibility index (Phi) is 11.7. The number of guanidine groups is 1. The molecule has 0 radical (unpaired) electrons. The number of nitrogens with one attached hydrogen (secondary N) is 2. The summed E-state index contributed by atoms with van der Waals surface area (Å²) in [7, 11) is 1.80. The molecular formula is C22H35ClIN3O3. The summed E-state index contributed by atoms with van der Waals surface area (Å²) in [6, 6.07) is 8.20. The molecule has 1 atom stereocenters. The molecule has 1 aromatic carbocycles. The summed E-state index contributed by atoms with van der Waals surface area (Å²) in [4.78, 5) is 4.37. The molecule has 3 rings (SSSR count). The molecule has 0 aliphatic carbocycles. The summed E-state index contributed by atoms with van der Waals surface area (Å²) >= 11 is 6.26. The van der Waals surface area contributed by atoms with Crippen LogP contribution >= 0.6 is 35.6 Å². The molecule has 2 aliphatic heterocycles. The van der Waals surface area contributed by atoms with Gasteiger partial charge in [-0.15, -0.1) is 24.0 Å². The minimum atomic E-state index is 0. The van der Waals surface area contributed by atoms with E-state index in [2.05, 4.69) is 27.8 Å². The van der Waals surface area contributed by atoms with Crippen LogP contribution in [0.25, 0.3) is 0 Å². The summed E-state index contributed by atoms with van der Waals surface area (Å²) < 4.78 is 16.9. The van der Waals surface area contributed by atoms with E-state index in [9.17, 15) is 0 Å². The third kappa shape index (κ3) is 7.82. The van der Waals surface area contributed by atoms with Crippen molar-refractivity contribution >= 4 is 41.5 Å². The van der Waals surface area contributed by atoms with Gasteiger partial charge in [0.1, 0.15) is 0 Å². The van der Waals surface area contributed by atoms with E-state index in [4.69, 9.17) is 25.8 Å². The van der Waals surface area contributed by atoms with E-state index in [0.717, 1.165) is 82.6 Å². The number of benzene rings is 1. The SMILES string of the molecule is CN=C(NCCCOCC1CCCO1)NCC1(c2cccc(Cl)c2)CCOCC1.I. The molecular weight excluding hydrogens is 517 g/mol. The maximum absolute atomic E-state index is 6.26. The third-order valence-electron chi connectivity index (χ3n) is 5.79. The Hall–Kier alpha value is -0.610. The summed E-state index contributed by atoms with van der Waals surface area (Å²) in [6.45, 7) is 5.46. The Balaban J connectivity index is 0.00000320. The number of aliphatic imine (C=N–C) groups is 1. The number of rotatable bonds is 9. The molecule has 6 nitrogen and oxygen atoms in total. The molecule has 2 heterocycles. The molecule has 30 heavy (non-hydrogen) atoms. The molecule has 2 N–H and O–H groups in total. The van der Waals surface area contributed by atoms with Crippen LogP contribution in [0, 0.1) is 0 Å². The number of ether oxygens (including phenoxy) is 3. The number of halogens is 2. The van der Waals surface area contributed by atoms with Crippen LogP contribution in [0.3, 0.4) is 0 Å². The van der Waals surface area contributed by atoms with E-state index in [-0.39, 0.29) is 29.4 Å². The quantitative estimate of drug-likeness (QED) is 0.212. The maximum atomic E-state index is 6.26. The molecule has 8 heteroatoms. The van der Waals surface area contributed by atoms with E-state index < -0.39 is 0 Å². The fourth-order valence-corrected chi connectivity index (χ4v) is 4.18. The van der Waals surface area contributed by atoms with Crippen molar-refractivity contribution in [3.05, 3.63) is 34.9 Å². The van der Waals surface area contributed by atoms with E-state index in [1.807, 2.05) is 12.1 Å².